The van der Waals surface area contributed by atoms with Crippen molar-refractivity contribution in [3.8, 4) is 11.5 Å². The van der Waals surface area contributed by atoms with E-state index in [-0.39, 0.29) is 5.57 Å². The standard InChI is InChI=1S/C20H16N2O5/c1-12-4-2-3-5-15(12)22-19(24)14(18(23)21-20(22)25)10-13-6-7-16-17(11-13)27-9-8-26-16/h2-7,10-11H,8-9H2,1H3,(H,21,23,25). The first kappa shape index (κ1) is 16.8. The largest absolute Gasteiger partial charge is 0.486 e. The molecule has 4 amide bonds. The number of imide groups is 2. The molecule has 0 saturated carbocycles. The molecule has 0 unspecified atom stereocenters. The Bertz CT molecular complexity index is 996. The summed E-state index contributed by atoms with van der Waals surface area (Å²) in [4.78, 5) is 38.4. The number of amides is 4. The van der Waals surface area contributed by atoms with Gasteiger partial charge in [0.25, 0.3) is 11.8 Å². The molecule has 2 aliphatic heterocycles. The lowest BCUT2D eigenvalue weighted by Gasteiger charge is -2.27. The number of aryl methyl sites for hydroxylation is 1. The number of hydrogen-bond donors (Lipinski definition) is 1. The minimum atomic E-state index is -0.765. The second-order valence-electron chi connectivity index (χ2n) is 6.15. The molecule has 136 valence electrons. The zero-order valence-electron chi connectivity index (χ0n) is 14.5. The van der Waals surface area contributed by atoms with E-state index in [1.54, 1.807) is 43.3 Å². The van der Waals surface area contributed by atoms with Crippen LogP contribution in [0.3, 0.4) is 0 Å². The predicted molar refractivity (Wildman–Crippen MR) is 97.6 cm³/mol. The zero-order chi connectivity index (χ0) is 19.0. The molecular formula is C20H16N2O5. The van der Waals surface area contributed by atoms with Crippen LogP contribution in [-0.2, 0) is 9.59 Å². The second kappa shape index (κ2) is 6.60. The average molecular weight is 364 g/mol. The van der Waals surface area contributed by atoms with Gasteiger partial charge in [0.15, 0.2) is 11.5 Å². The van der Waals surface area contributed by atoms with E-state index in [0.717, 1.165) is 10.5 Å². The third-order valence-electron chi connectivity index (χ3n) is 4.34. The van der Waals surface area contributed by atoms with Crippen molar-refractivity contribution in [3.63, 3.8) is 0 Å². The molecule has 0 spiro atoms. The van der Waals surface area contributed by atoms with E-state index in [1.165, 1.54) is 6.08 Å². The maximum Gasteiger partial charge on any atom is 0.335 e. The van der Waals surface area contributed by atoms with Gasteiger partial charge in [-0.05, 0) is 42.3 Å². The summed E-state index contributed by atoms with van der Waals surface area (Å²) in [7, 11) is 0. The molecule has 4 rings (SSSR count). The fourth-order valence-corrected chi connectivity index (χ4v) is 3.01. The van der Waals surface area contributed by atoms with Gasteiger partial charge in [-0.15, -0.1) is 0 Å². The molecule has 1 saturated heterocycles. The number of rotatable bonds is 2. The van der Waals surface area contributed by atoms with Crippen molar-refractivity contribution >= 4 is 29.6 Å². The van der Waals surface area contributed by atoms with Crippen LogP contribution in [-0.4, -0.2) is 31.1 Å². The lowest BCUT2D eigenvalue weighted by atomic mass is 10.1. The lowest BCUT2D eigenvalue weighted by molar-refractivity contribution is -0.122. The van der Waals surface area contributed by atoms with Gasteiger partial charge in [-0.3, -0.25) is 14.9 Å². The van der Waals surface area contributed by atoms with Crippen molar-refractivity contribution in [3.05, 3.63) is 59.2 Å². The van der Waals surface area contributed by atoms with Crippen molar-refractivity contribution < 1.29 is 23.9 Å². The van der Waals surface area contributed by atoms with Crippen molar-refractivity contribution in [2.45, 2.75) is 6.92 Å². The Morgan fingerprint density at radius 3 is 2.52 bits per heavy atom. The third-order valence-corrected chi connectivity index (χ3v) is 4.34. The molecule has 2 aliphatic rings. The summed E-state index contributed by atoms with van der Waals surface area (Å²) >= 11 is 0. The van der Waals surface area contributed by atoms with Crippen molar-refractivity contribution in [2.75, 3.05) is 18.1 Å². The SMILES string of the molecule is Cc1ccccc1N1C(=O)NC(=O)C(=Cc2ccc3c(c2)OCCO3)C1=O. The number of fused-ring (bicyclic) bond motifs is 1. The molecule has 7 nitrogen and oxygen atoms in total. The molecule has 0 bridgehead atoms. The number of nitrogens with zero attached hydrogens (tertiary/aromatic N) is 1. The van der Waals surface area contributed by atoms with Gasteiger partial charge in [-0.2, -0.15) is 0 Å². The topological polar surface area (TPSA) is 84.9 Å². The van der Waals surface area contributed by atoms with Crippen molar-refractivity contribution in [1.29, 1.82) is 0 Å². The number of ether oxygens (including phenoxy) is 2. The molecule has 0 radical (unpaired) electrons. The first-order valence-electron chi connectivity index (χ1n) is 8.41. The minimum Gasteiger partial charge on any atom is -0.486 e. The van der Waals surface area contributed by atoms with Crippen LogP contribution in [0.15, 0.2) is 48.0 Å². The number of carbonyl (C=O) groups is 3. The van der Waals surface area contributed by atoms with E-state index in [2.05, 4.69) is 5.32 Å². The molecule has 1 fully saturated rings. The van der Waals surface area contributed by atoms with Gasteiger partial charge in [-0.25, -0.2) is 9.69 Å². The van der Waals surface area contributed by atoms with Gasteiger partial charge in [0.05, 0.1) is 5.69 Å². The first-order chi connectivity index (χ1) is 13.0. The first-order valence-corrected chi connectivity index (χ1v) is 8.41. The number of hydrogen-bond acceptors (Lipinski definition) is 5. The fourth-order valence-electron chi connectivity index (χ4n) is 3.01. The van der Waals surface area contributed by atoms with Crippen molar-refractivity contribution in [1.82, 2.24) is 5.32 Å². The van der Waals surface area contributed by atoms with Crippen molar-refractivity contribution in [2.24, 2.45) is 0 Å². The highest BCUT2D eigenvalue weighted by molar-refractivity contribution is 6.39. The monoisotopic (exact) mass is 364 g/mol. The molecule has 0 aliphatic carbocycles. The number of urea groups is 1. The third kappa shape index (κ3) is 3.03. The summed E-state index contributed by atoms with van der Waals surface area (Å²) < 4.78 is 11.0. The summed E-state index contributed by atoms with van der Waals surface area (Å²) in [5.41, 5.74) is 1.64. The molecule has 2 aromatic carbocycles. The summed E-state index contributed by atoms with van der Waals surface area (Å²) in [5, 5.41) is 2.22. The van der Waals surface area contributed by atoms with Crippen LogP contribution >= 0.6 is 0 Å². The number of nitrogens with one attached hydrogen (secondary N) is 1. The Labute approximate surface area is 155 Å². The maximum absolute atomic E-state index is 12.9. The number of anilines is 1. The smallest absolute Gasteiger partial charge is 0.335 e. The van der Waals surface area contributed by atoms with E-state index in [1.807, 2.05) is 6.07 Å². The van der Waals surface area contributed by atoms with Crippen LogP contribution in [0.4, 0.5) is 10.5 Å². The lowest BCUT2D eigenvalue weighted by Crippen LogP contribution is -2.54. The van der Waals surface area contributed by atoms with Crippen LogP contribution in [0.1, 0.15) is 11.1 Å². The van der Waals surface area contributed by atoms with E-state index in [4.69, 9.17) is 9.47 Å². The van der Waals surface area contributed by atoms with Gasteiger partial charge in [0.2, 0.25) is 0 Å². The number of benzene rings is 2. The molecule has 7 heteroatoms. The average Bonchev–Trinajstić information content (AvgIpc) is 2.66. The van der Waals surface area contributed by atoms with Crippen LogP contribution in [0.2, 0.25) is 0 Å². The van der Waals surface area contributed by atoms with Gasteiger partial charge >= 0.3 is 6.03 Å². The van der Waals surface area contributed by atoms with Gasteiger partial charge in [-0.1, -0.05) is 24.3 Å². The van der Waals surface area contributed by atoms with Gasteiger partial charge in [0, 0.05) is 0 Å². The number of barbiturate groups is 1. The Morgan fingerprint density at radius 2 is 1.74 bits per heavy atom. The minimum absolute atomic E-state index is 0.130. The van der Waals surface area contributed by atoms with Crippen LogP contribution in [0, 0.1) is 6.92 Å². The van der Waals surface area contributed by atoms with E-state index >= 15 is 0 Å². The van der Waals surface area contributed by atoms with Gasteiger partial charge < -0.3 is 9.47 Å². The quantitative estimate of drug-likeness (QED) is 0.653. The Kier molecular flexibility index (Phi) is 4.12. The Balaban J connectivity index is 1.72. The second-order valence-corrected chi connectivity index (χ2v) is 6.15. The highest BCUT2D eigenvalue weighted by Crippen LogP contribution is 2.32. The Hall–Kier alpha value is -3.61. The van der Waals surface area contributed by atoms with Crippen LogP contribution < -0.4 is 19.7 Å². The number of para-hydroxylation sites is 1. The molecule has 0 aromatic heterocycles. The van der Waals surface area contributed by atoms with Crippen LogP contribution in [0.5, 0.6) is 11.5 Å². The summed E-state index contributed by atoms with van der Waals surface area (Å²) in [6.07, 6.45) is 1.44. The summed E-state index contributed by atoms with van der Waals surface area (Å²) in [6.45, 7) is 2.69. The predicted octanol–water partition coefficient (Wildman–Crippen LogP) is 2.43. The molecule has 27 heavy (non-hydrogen) atoms. The maximum atomic E-state index is 12.9. The molecule has 1 N–H and O–H groups in total. The van der Waals surface area contributed by atoms with Crippen LogP contribution in [0.25, 0.3) is 6.08 Å². The fraction of sp³-hybridized carbons (Fsp3) is 0.150. The number of carbonyl (C=O) groups excluding carboxylic acids is 3. The van der Waals surface area contributed by atoms with Gasteiger partial charge in [0.1, 0.15) is 18.8 Å². The van der Waals surface area contributed by atoms with E-state index in [9.17, 15) is 14.4 Å². The zero-order valence-corrected chi connectivity index (χ0v) is 14.5. The summed E-state index contributed by atoms with van der Waals surface area (Å²) in [5.74, 6) is -0.247. The normalized spacial score (nSPS) is 17.9. The molecular weight excluding hydrogens is 348 g/mol. The van der Waals surface area contributed by atoms with E-state index < -0.39 is 17.8 Å². The van der Waals surface area contributed by atoms with E-state index in [0.29, 0.717) is 36.0 Å². The molecule has 2 aromatic rings. The highest BCUT2D eigenvalue weighted by Gasteiger charge is 2.37. The Morgan fingerprint density at radius 1 is 1.00 bits per heavy atom. The molecule has 2 heterocycles. The summed E-state index contributed by atoms with van der Waals surface area (Å²) in [6, 6.07) is 11.3. The molecule has 0 atom stereocenters. The highest BCUT2D eigenvalue weighted by atomic mass is 16.6.